The molecule has 0 heterocycles. The van der Waals surface area contributed by atoms with Gasteiger partial charge in [-0.2, -0.15) is 0 Å². The Morgan fingerprint density at radius 1 is 1.17 bits per heavy atom. The number of nitrogens with one attached hydrogen (secondary N) is 1. The molecule has 0 fully saturated rings. The van der Waals surface area contributed by atoms with E-state index in [0.29, 0.717) is 15.9 Å². The van der Waals surface area contributed by atoms with E-state index in [1.807, 2.05) is 39.0 Å². The van der Waals surface area contributed by atoms with Gasteiger partial charge in [-0.3, -0.25) is 4.72 Å². The maximum Gasteiger partial charge on any atom is 0.265 e. The molecule has 23 heavy (non-hydrogen) atoms. The molecule has 4 nitrogen and oxygen atoms in total. The Bertz CT molecular complexity index is 817. The van der Waals surface area contributed by atoms with Gasteiger partial charge in [0.25, 0.3) is 10.0 Å². The third kappa shape index (κ3) is 3.87. The second kappa shape index (κ2) is 6.93. The van der Waals surface area contributed by atoms with E-state index in [9.17, 15) is 8.42 Å². The Balaban J connectivity index is 2.54. The Morgan fingerprint density at radius 2 is 1.87 bits per heavy atom. The lowest BCUT2D eigenvalue weighted by Crippen LogP contribution is -2.16. The van der Waals surface area contributed by atoms with Crippen LogP contribution in [0.5, 0.6) is 5.75 Å². The average Bonchev–Trinajstić information content (AvgIpc) is 2.49. The van der Waals surface area contributed by atoms with E-state index in [0.717, 1.165) is 11.1 Å². The normalized spacial score (nSPS) is 11.6. The third-order valence-corrected chi connectivity index (χ3v) is 5.44. The fourth-order valence-corrected chi connectivity index (χ4v) is 4.23. The van der Waals surface area contributed by atoms with Crippen LogP contribution in [0.1, 0.15) is 30.9 Å². The second-order valence-electron chi connectivity index (χ2n) is 5.59. The van der Waals surface area contributed by atoms with Crippen LogP contribution in [0.15, 0.2) is 45.8 Å². The number of hydrogen-bond donors (Lipinski definition) is 1. The van der Waals surface area contributed by atoms with Crippen molar-refractivity contribution in [3.8, 4) is 5.75 Å². The maximum absolute atomic E-state index is 12.8. The van der Waals surface area contributed by atoms with E-state index < -0.39 is 10.0 Å². The molecule has 0 radical (unpaired) electrons. The molecular formula is C17H20BrNO3S. The summed E-state index contributed by atoms with van der Waals surface area (Å²) in [6.07, 6.45) is 0. The number of sulfonamides is 1. The topological polar surface area (TPSA) is 55.4 Å². The van der Waals surface area contributed by atoms with Gasteiger partial charge in [-0.05, 0) is 42.2 Å². The van der Waals surface area contributed by atoms with Crippen molar-refractivity contribution in [2.45, 2.75) is 31.6 Å². The summed E-state index contributed by atoms with van der Waals surface area (Å²) in [6.45, 7) is 5.96. The molecule has 0 bridgehead atoms. The number of anilines is 1. The van der Waals surface area contributed by atoms with Gasteiger partial charge in [-0.25, -0.2) is 8.42 Å². The van der Waals surface area contributed by atoms with E-state index in [2.05, 4.69) is 20.7 Å². The molecule has 0 aliphatic heterocycles. The first-order chi connectivity index (χ1) is 10.8. The summed E-state index contributed by atoms with van der Waals surface area (Å²) in [4.78, 5) is 0.104. The molecule has 0 spiro atoms. The van der Waals surface area contributed by atoms with Crippen LogP contribution in [0, 0.1) is 6.92 Å². The van der Waals surface area contributed by atoms with Gasteiger partial charge < -0.3 is 4.74 Å². The second-order valence-corrected chi connectivity index (χ2v) is 8.16. The molecule has 0 saturated carbocycles. The number of hydrogen-bond acceptors (Lipinski definition) is 3. The zero-order valence-corrected chi connectivity index (χ0v) is 16.0. The number of ether oxygens (including phenoxy) is 1. The van der Waals surface area contributed by atoms with E-state index in [4.69, 9.17) is 4.74 Å². The molecule has 0 atom stereocenters. The number of benzene rings is 2. The predicted octanol–water partition coefficient (Wildman–Crippen LogP) is 4.69. The minimum Gasteiger partial charge on any atom is -0.495 e. The number of halogens is 1. The van der Waals surface area contributed by atoms with Gasteiger partial charge in [0, 0.05) is 4.47 Å². The standard InChI is InChI=1S/C17H20BrNO3S/c1-11(2)14-7-5-6-12(3)17(14)19-23(20,21)16-10-13(18)8-9-15(16)22-4/h5-11,19H,1-4H3. The highest BCUT2D eigenvalue weighted by atomic mass is 79.9. The highest BCUT2D eigenvalue weighted by molar-refractivity contribution is 9.10. The maximum atomic E-state index is 12.8. The van der Waals surface area contributed by atoms with Crippen LogP contribution in [0.25, 0.3) is 0 Å². The van der Waals surface area contributed by atoms with Crippen LogP contribution in [-0.2, 0) is 10.0 Å². The molecule has 0 aromatic heterocycles. The van der Waals surface area contributed by atoms with Gasteiger partial charge >= 0.3 is 0 Å². The molecule has 2 aromatic rings. The summed E-state index contributed by atoms with van der Waals surface area (Å²) >= 11 is 3.31. The lowest BCUT2D eigenvalue weighted by molar-refractivity contribution is 0.403. The van der Waals surface area contributed by atoms with E-state index in [-0.39, 0.29) is 10.8 Å². The fraction of sp³-hybridized carbons (Fsp3) is 0.294. The lowest BCUT2D eigenvalue weighted by atomic mass is 9.99. The number of rotatable bonds is 5. The van der Waals surface area contributed by atoms with Crippen LogP contribution < -0.4 is 9.46 Å². The third-order valence-electron chi connectivity index (χ3n) is 3.58. The van der Waals surface area contributed by atoms with Crippen molar-refractivity contribution in [1.82, 2.24) is 0 Å². The molecule has 0 aliphatic rings. The van der Waals surface area contributed by atoms with Crippen LogP contribution >= 0.6 is 15.9 Å². The minimum atomic E-state index is -3.76. The van der Waals surface area contributed by atoms with Crippen LogP contribution in [0.4, 0.5) is 5.69 Å². The number of aryl methyl sites for hydroxylation is 1. The summed E-state index contributed by atoms with van der Waals surface area (Å²) in [6, 6.07) is 10.7. The number of para-hydroxylation sites is 1. The van der Waals surface area contributed by atoms with Crippen LogP contribution in [-0.4, -0.2) is 15.5 Å². The van der Waals surface area contributed by atoms with E-state index >= 15 is 0 Å². The van der Waals surface area contributed by atoms with Crippen molar-refractivity contribution < 1.29 is 13.2 Å². The summed E-state index contributed by atoms with van der Waals surface area (Å²) in [5.74, 6) is 0.511. The lowest BCUT2D eigenvalue weighted by Gasteiger charge is -2.18. The van der Waals surface area contributed by atoms with Gasteiger partial charge in [0.1, 0.15) is 10.6 Å². The SMILES string of the molecule is COc1ccc(Br)cc1S(=O)(=O)Nc1c(C)cccc1C(C)C. The monoisotopic (exact) mass is 397 g/mol. The predicted molar refractivity (Wildman–Crippen MR) is 96.8 cm³/mol. The highest BCUT2D eigenvalue weighted by Crippen LogP contribution is 2.33. The first-order valence-corrected chi connectivity index (χ1v) is 9.49. The van der Waals surface area contributed by atoms with Crippen LogP contribution in [0.2, 0.25) is 0 Å². The zero-order chi connectivity index (χ0) is 17.2. The molecule has 2 aromatic carbocycles. The Labute approximate surface area is 146 Å². The van der Waals surface area contributed by atoms with Crippen molar-refractivity contribution in [3.05, 3.63) is 52.0 Å². The van der Waals surface area contributed by atoms with Crippen molar-refractivity contribution in [3.63, 3.8) is 0 Å². The van der Waals surface area contributed by atoms with Crippen LogP contribution in [0.3, 0.4) is 0 Å². The largest absolute Gasteiger partial charge is 0.495 e. The molecule has 1 N–H and O–H groups in total. The molecule has 0 saturated heterocycles. The van der Waals surface area contributed by atoms with Gasteiger partial charge in [0.05, 0.1) is 12.8 Å². The van der Waals surface area contributed by atoms with Crippen molar-refractivity contribution >= 4 is 31.6 Å². The molecule has 2 rings (SSSR count). The number of methoxy groups -OCH3 is 1. The zero-order valence-electron chi connectivity index (χ0n) is 13.6. The minimum absolute atomic E-state index is 0.104. The van der Waals surface area contributed by atoms with Gasteiger partial charge in [0.15, 0.2) is 0 Å². The summed E-state index contributed by atoms with van der Waals surface area (Å²) in [5, 5.41) is 0. The summed E-state index contributed by atoms with van der Waals surface area (Å²) < 4.78 is 34.3. The molecule has 124 valence electrons. The first-order valence-electron chi connectivity index (χ1n) is 7.22. The molecular weight excluding hydrogens is 378 g/mol. The van der Waals surface area contributed by atoms with Gasteiger partial charge in [-0.1, -0.05) is 48.0 Å². The molecule has 0 amide bonds. The van der Waals surface area contributed by atoms with Gasteiger partial charge in [0.2, 0.25) is 0 Å². The molecule has 0 aliphatic carbocycles. The Hall–Kier alpha value is -1.53. The Morgan fingerprint density at radius 3 is 2.48 bits per heavy atom. The molecule has 0 unspecified atom stereocenters. The Kier molecular flexibility index (Phi) is 5.37. The average molecular weight is 398 g/mol. The summed E-state index contributed by atoms with van der Waals surface area (Å²) in [7, 11) is -2.31. The molecule has 6 heteroatoms. The fourth-order valence-electron chi connectivity index (χ4n) is 2.36. The van der Waals surface area contributed by atoms with E-state index in [1.165, 1.54) is 13.2 Å². The smallest absolute Gasteiger partial charge is 0.265 e. The van der Waals surface area contributed by atoms with Gasteiger partial charge in [-0.15, -0.1) is 0 Å². The highest BCUT2D eigenvalue weighted by Gasteiger charge is 2.22. The van der Waals surface area contributed by atoms with Crippen molar-refractivity contribution in [1.29, 1.82) is 0 Å². The quantitative estimate of drug-likeness (QED) is 0.795. The first kappa shape index (κ1) is 17.8. The van der Waals surface area contributed by atoms with E-state index in [1.54, 1.807) is 12.1 Å². The van der Waals surface area contributed by atoms with Crippen molar-refractivity contribution in [2.24, 2.45) is 0 Å². The summed E-state index contributed by atoms with van der Waals surface area (Å²) in [5.41, 5.74) is 2.47. The van der Waals surface area contributed by atoms with Crippen molar-refractivity contribution in [2.75, 3.05) is 11.8 Å².